The number of hydrogen-bond donors (Lipinski definition) is 2. The molecule has 1 aliphatic rings. The van der Waals surface area contributed by atoms with Crippen LogP contribution in [0.4, 0.5) is 10.5 Å². The Labute approximate surface area is 179 Å². The maximum Gasteiger partial charge on any atom is 0.407 e. The Morgan fingerprint density at radius 1 is 1.23 bits per heavy atom. The van der Waals surface area contributed by atoms with E-state index in [4.69, 9.17) is 4.52 Å². The Balaban J connectivity index is 1.43. The molecule has 10 nitrogen and oxygen atoms in total. The van der Waals surface area contributed by atoms with E-state index in [9.17, 15) is 14.7 Å². The molecule has 1 atom stereocenters. The van der Waals surface area contributed by atoms with Gasteiger partial charge < -0.3 is 19.8 Å². The first-order chi connectivity index (χ1) is 14.5. The van der Waals surface area contributed by atoms with Crippen molar-refractivity contribution in [3.8, 4) is 11.5 Å². The molecule has 1 aliphatic heterocycles. The van der Waals surface area contributed by atoms with Crippen molar-refractivity contribution >= 4 is 33.6 Å². The molecule has 1 fully saturated rings. The first-order valence-corrected chi connectivity index (χ1v) is 10.0. The molecule has 1 unspecified atom stereocenters. The molecule has 0 bridgehead atoms. The number of amides is 2. The minimum atomic E-state index is -0.947. The number of carbonyl (C=O) groups is 2. The summed E-state index contributed by atoms with van der Waals surface area (Å²) >= 11 is 3.23. The molecule has 3 aromatic heterocycles. The number of hydrogen-bond acceptors (Lipinski definition) is 7. The maximum atomic E-state index is 12.3. The lowest BCUT2D eigenvalue weighted by atomic mass is 9.98. The van der Waals surface area contributed by atoms with E-state index < -0.39 is 6.09 Å². The second kappa shape index (κ2) is 8.57. The highest BCUT2D eigenvalue weighted by atomic mass is 79.9. The Morgan fingerprint density at radius 3 is 2.83 bits per heavy atom. The first-order valence-electron chi connectivity index (χ1n) is 9.21. The molecule has 30 heavy (non-hydrogen) atoms. The summed E-state index contributed by atoms with van der Waals surface area (Å²) in [7, 11) is 0. The van der Waals surface area contributed by atoms with E-state index in [1.165, 1.54) is 11.1 Å². The van der Waals surface area contributed by atoms with E-state index in [1.807, 2.05) is 0 Å². The lowest BCUT2D eigenvalue weighted by molar-refractivity contribution is 0.102. The van der Waals surface area contributed by atoms with Crippen molar-refractivity contribution in [3.05, 3.63) is 52.7 Å². The molecule has 11 heteroatoms. The molecule has 0 radical (unpaired) electrons. The maximum absolute atomic E-state index is 12.3. The van der Waals surface area contributed by atoms with Crippen molar-refractivity contribution in [3.63, 3.8) is 0 Å². The largest absolute Gasteiger partial charge is 0.465 e. The number of pyridine rings is 2. The number of nitrogens with zero attached hydrogens (tertiary/aromatic N) is 5. The molecular weight excluding hydrogens is 456 g/mol. The molecular formula is C19H17BrN6O4. The number of aromatic nitrogens is 4. The standard InChI is InChI=1S/C19H17BrN6O4/c20-15-5-1-4-14(23-15)17(27)22-12-6-7-13(21-9-12)16-24-18(30-25-16)11-3-2-8-26(10-11)19(28)29/h1,4-7,9,11H,2-3,8,10H2,(H,22,27)(H,28,29). The number of likely N-dealkylation sites (tertiary alicyclic amines) is 1. The van der Waals surface area contributed by atoms with Gasteiger partial charge in [0.15, 0.2) is 0 Å². The van der Waals surface area contributed by atoms with Gasteiger partial charge in [-0.3, -0.25) is 9.78 Å². The molecule has 0 saturated carbocycles. The molecule has 1 saturated heterocycles. The Kier molecular flexibility index (Phi) is 5.70. The summed E-state index contributed by atoms with van der Waals surface area (Å²) in [5.74, 6) is 0.222. The van der Waals surface area contributed by atoms with Crippen LogP contribution in [0, 0.1) is 0 Å². The zero-order valence-electron chi connectivity index (χ0n) is 15.7. The van der Waals surface area contributed by atoms with Gasteiger partial charge in [0.05, 0.1) is 17.8 Å². The minimum absolute atomic E-state index is 0.132. The molecule has 4 heterocycles. The number of nitrogens with one attached hydrogen (secondary N) is 1. The predicted octanol–water partition coefficient (Wildman–Crippen LogP) is 3.40. The van der Waals surface area contributed by atoms with Crippen LogP contribution in [0.1, 0.15) is 35.1 Å². The van der Waals surface area contributed by atoms with E-state index in [0.29, 0.717) is 40.8 Å². The molecule has 4 rings (SSSR count). The van der Waals surface area contributed by atoms with Crippen LogP contribution in [0.5, 0.6) is 0 Å². The predicted molar refractivity (Wildman–Crippen MR) is 109 cm³/mol. The zero-order chi connectivity index (χ0) is 21.1. The van der Waals surface area contributed by atoms with Gasteiger partial charge in [0, 0.05) is 13.1 Å². The first kappa shape index (κ1) is 20.0. The SMILES string of the molecule is O=C(Nc1ccc(-c2noc(C3CCCN(C(=O)O)C3)n2)nc1)c1cccc(Br)n1. The molecule has 0 spiro atoms. The highest BCUT2D eigenvalue weighted by Crippen LogP contribution is 2.27. The van der Waals surface area contributed by atoms with E-state index >= 15 is 0 Å². The van der Waals surface area contributed by atoms with E-state index in [1.54, 1.807) is 30.3 Å². The second-order valence-corrected chi connectivity index (χ2v) is 7.57. The summed E-state index contributed by atoms with van der Waals surface area (Å²) < 4.78 is 5.92. The summed E-state index contributed by atoms with van der Waals surface area (Å²) in [5.41, 5.74) is 1.26. The monoisotopic (exact) mass is 472 g/mol. The lowest BCUT2D eigenvalue weighted by Crippen LogP contribution is -2.38. The van der Waals surface area contributed by atoms with E-state index in [2.05, 4.69) is 41.4 Å². The van der Waals surface area contributed by atoms with Gasteiger partial charge in [-0.15, -0.1) is 0 Å². The Bertz CT molecular complexity index is 1070. The van der Waals surface area contributed by atoms with Gasteiger partial charge in [0.2, 0.25) is 11.7 Å². The van der Waals surface area contributed by atoms with Crippen molar-refractivity contribution in [2.24, 2.45) is 0 Å². The summed E-state index contributed by atoms with van der Waals surface area (Å²) in [6.07, 6.45) is 2.08. The number of carbonyl (C=O) groups excluding carboxylic acids is 1. The van der Waals surface area contributed by atoms with E-state index in [-0.39, 0.29) is 17.5 Å². The number of anilines is 1. The van der Waals surface area contributed by atoms with Crippen LogP contribution >= 0.6 is 15.9 Å². The fourth-order valence-corrected chi connectivity index (χ4v) is 3.53. The zero-order valence-corrected chi connectivity index (χ0v) is 17.2. The summed E-state index contributed by atoms with van der Waals surface area (Å²) in [4.78, 5) is 37.6. The molecule has 0 aliphatic carbocycles. The van der Waals surface area contributed by atoms with Gasteiger partial charge in [0.1, 0.15) is 16.0 Å². The lowest BCUT2D eigenvalue weighted by Gasteiger charge is -2.28. The normalized spacial score (nSPS) is 16.3. The van der Waals surface area contributed by atoms with Gasteiger partial charge in [-0.25, -0.2) is 9.78 Å². The van der Waals surface area contributed by atoms with Gasteiger partial charge in [-0.2, -0.15) is 4.98 Å². The summed E-state index contributed by atoms with van der Waals surface area (Å²) in [5, 5.41) is 15.9. The average Bonchev–Trinajstić information content (AvgIpc) is 3.25. The molecule has 2 amide bonds. The second-order valence-electron chi connectivity index (χ2n) is 6.76. The Morgan fingerprint density at radius 2 is 2.10 bits per heavy atom. The quantitative estimate of drug-likeness (QED) is 0.551. The minimum Gasteiger partial charge on any atom is -0.465 e. The number of halogens is 1. The summed E-state index contributed by atoms with van der Waals surface area (Å²) in [6.45, 7) is 0.843. The highest BCUT2D eigenvalue weighted by molar-refractivity contribution is 9.10. The van der Waals surface area contributed by atoms with Crippen molar-refractivity contribution < 1.29 is 19.2 Å². The van der Waals surface area contributed by atoms with Gasteiger partial charge in [0.25, 0.3) is 5.91 Å². The number of rotatable bonds is 4. The van der Waals surface area contributed by atoms with Crippen molar-refractivity contribution in [1.82, 2.24) is 25.0 Å². The van der Waals surface area contributed by atoms with Crippen LogP contribution in [-0.4, -0.2) is 55.2 Å². The van der Waals surface area contributed by atoms with Crippen LogP contribution in [0.3, 0.4) is 0 Å². The van der Waals surface area contributed by atoms with Crippen LogP contribution in [-0.2, 0) is 0 Å². The van der Waals surface area contributed by atoms with Crippen molar-refractivity contribution in [1.29, 1.82) is 0 Å². The summed E-state index contributed by atoms with van der Waals surface area (Å²) in [6, 6.07) is 8.42. The highest BCUT2D eigenvalue weighted by Gasteiger charge is 2.28. The average molecular weight is 473 g/mol. The molecule has 154 valence electrons. The third kappa shape index (κ3) is 4.46. The van der Waals surface area contributed by atoms with Gasteiger partial charge in [-0.1, -0.05) is 11.2 Å². The van der Waals surface area contributed by atoms with Crippen LogP contribution in [0.25, 0.3) is 11.5 Å². The van der Waals surface area contributed by atoms with Crippen molar-refractivity contribution in [2.45, 2.75) is 18.8 Å². The van der Waals surface area contributed by atoms with Crippen LogP contribution < -0.4 is 5.32 Å². The molecule has 0 aromatic carbocycles. The third-order valence-corrected chi connectivity index (χ3v) is 5.12. The number of piperidine rings is 1. The van der Waals surface area contributed by atoms with Crippen LogP contribution in [0.15, 0.2) is 45.7 Å². The fourth-order valence-electron chi connectivity index (χ4n) is 3.19. The Hall–Kier alpha value is -3.34. The molecule has 2 N–H and O–H groups in total. The van der Waals surface area contributed by atoms with Crippen LogP contribution in [0.2, 0.25) is 0 Å². The number of carboxylic acid groups (broad SMARTS) is 1. The van der Waals surface area contributed by atoms with Gasteiger partial charge in [-0.05, 0) is 53.0 Å². The van der Waals surface area contributed by atoms with Gasteiger partial charge >= 0.3 is 6.09 Å². The smallest absolute Gasteiger partial charge is 0.407 e. The topological polar surface area (TPSA) is 134 Å². The fraction of sp³-hybridized carbons (Fsp3) is 0.263. The van der Waals surface area contributed by atoms with Crippen molar-refractivity contribution in [2.75, 3.05) is 18.4 Å². The third-order valence-electron chi connectivity index (χ3n) is 4.68. The molecule has 3 aromatic rings. The van der Waals surface area contributed by atoms with E-state index in [0.717, 1.165) is 12.8 Å².